The van der Waals surface area contributed by atoms with Gasteiger partial charge < -0.3 is 10.1 Å². The first kappa shape index (κ1) is 22.0. The number of benzene rings is 2. The van der Waals surface area contributed by atoms with Crippen LogP contribution in [0.1, 0.15) is 37.5 Å². The molecule has 8 heteroatoms. The molecule has 2 atom stereocenters. The molecule has 0 aliphatic carbocycles. The number of rotatable bonds is 5. The smallest absolute Gasteiger partial charge is 0.277 e. The van der Waals surface area contributed by atoms with E-state index in [0.29, 0.717) is 11.3 Å². The Morgan fingerprint density at radius 1 is 1.03 bits per heavy atom. The van der Waals surface area contributed by atoms with Crippen molar-refractivity contribution in [2.75, 3.05) is 6.26 Å². The summed E-state index contributed by atoms with van der Waals surface area (Å²) in [7, 11) is -4.02. The fourth-order valence-corrected chi connectivity index (χ4v) is 3.99. The third-order valence-corrected chi connectivity index (χ3v) is 5.26. The van der Waals surface area contributed by atoms with E-state index in [2.05, 4.69) is 5.32 Å². The predicted molar refractivity (Wildman–Crippen MR) is 114 cm³/mol. The van der Waals surface area contributed by atoms with Crippen molar-refractivity contribution in [3.05, 3.63) is 71.3 Å². The third kappa shape index (κ3) is 4.88. The van der Waals surface area contributed by atoms with Gasteiger partial charge in [-0.25, -0.2) is 8.42 Å². The van der Waals surface area contributed by atoms with Crippen LogP contribution < -0.4 is 14.8 Å². The Kier molecular flexibility index (Phi) is 5.75. The Labute approximate surface area is 176 Å². The first-order chi connectivity index (χ1) is 13.9. The molecule has 0 saturated heterocycles. The summed E-state index contributed by atoms with van der Waals surface area (Å²) in [6.45, 7) is 5.62. The van der Waals surface area contributed by atoms with E-state index in [-0.39, 0.29) is 5.56 Å². The van der Waals surface area contributed by atoms with Crippen LogP contribution in [0.25, 0.3) is 6.08 Å². The number of carbonyl (C=O) groups excluding carboxylic acids is 1. The van der Waals surface area contributed by atoms with Crippen molar-refractivity contribution < 1.29 is 22.3 Å². The molecule has 1 amide bonds. The molecule has 2 unspecified atom stereocenters. The molecule has 6 nitrogen and oxygen atoms in total. The molecule has 2 aromatic rings. The SMILES string of the molecule is CC(C)(C)c1ccccc1C(F)(NC(=O)C1C=Cc2ccccc2O1)NS(C)(=O)=O. The zero-order valence-electron chi connectivity index (χ0n) is 17.3. The van der Waals surface area contributed by atoms with Crippen LogP contribution in [0.2, 0.25) is 0 Å². The zero-order chi connectivity index (χ0) is 22.2. The van der Waals surface area contributed by atoms with Crippen LogP contribution in [0.15, 0.2) is 54.6 Å². The Bertz CT molecular complexity index is 1090. The lowest BCUT2D eigenvalue weighted by molar-refractivity contribution is -0.131. The van der Waals surface area contributed by atoms with Gasteiger partial charge in [0.2, 0.25) is 10.0 Å². The van der Waals surface area contributed by atoms with Gasteiger partial charge in [-0.05, 0) is 23.1 Å². The minimum Gasteiger partial charge on any atom is -0.476 e. The van der Waals surface area contributed by atoms with Crippen LogP contribution in [0.5, 0.6) is 5.75 Å². The fraction of sp³-hybridized carbons (Fsp3) is 0.318. The van der Waals surface area contributed by atoms with E-state index < -0.39 is 33.4 Å². The van der Waals surface area contributed by atoms with Gasteiger partial charge in [0.05, 0.1) is 6.26 Å². The number of hydrogen-bond acceptors (Lipinski definition) is 4. The summed E-state index contributed by atoms with van der Waals surface area (Å²) in [5, 5.41) is 2.21. The topological polar surface area (TPSA) is 84.5 Å². The first-order valence-corrected chi connectivity index (χ1v) is 11.3. The normalized spacial score (nSPS) is 18.1. The maximum absolute atomic E-state index is 16.2. The number of ether oxygens (including phenoxy) is 1. The molecule has 1 aliphatic rings. The van der Waals surface area contributed by atoms with Gasteiger partial charge in [-0.3, -0.25) is 4.79 Å². The average Bonchev–Trinajstić information content (AvgIpc) is 2.65. The molecular weight excluding hydrogens is 407 g/mol. The van der Waals surface area contributed by atoms with Gasteiger partial charge in [-0.2, -0.15) is 9.11 Å². The molecule has 2 aromatic carbocycles. The number of amides is 1. The molecule has 0 radical (unpaired) electrons. The highest BCUT2D eigenvalue weighted by Crippen LogP contribution is 2.33. The summed E-state index contributed by atoms with van der Waals surface area (Å²) in [5.41, 5.74) is 0.851. The lowest BCUT2D eigenvalue weighted by atomic mass is 9.82. The number of sulfonamides is 1. The summed E-state index contributed by atoms with van der Waals surface area (Å²) in [6, 6.07) is 13.6. The molecule has 0 spiro atoms. The van der Waals surface area contributed by atoms with E-state index in [1.165, 1.54) is 12.1 Å². The molecule has 3 rings (SSSR count). The summed E-state index contributed by atoms with van der Waals surface area (Å²) < 4.78 is 47.7. The highest BCUT2D eigenvalue weighted by Gasteiger charge is 2.42. The van der Waals surface area contributed by atoms with E-state index in [0.717, 1.165) is 11.8 Å². The zero-order valence-corrected chi connectivity index (χ0v) is 18.1. The Balaban J connectivity index is 1.97. The first-order valence-electron chi connectivity index (χ1n) is 9.43. The standard InChI is InChI=1S/C22H25FN2O4S/c1-21(2,3)16-10-6-7-11-17(16)22(23,25-30(4,27)28)24-20(26)19-14-13-15-9-5-8-12-18(15)29-19/h5-14,19,25H,1-4H3,(H,24,26). The van der Waals surface area contributed by atoms with Crippen molar-refractivity contribution in [2.45, 2.75) is 38.2 Å². The lowest BCUT2D eigenvalue weighted by Crippen LogP contribution is -2.58. The Morgan fingerprint density at radius 3 is 2.27 bits per heavy atom. The van der Waals surface area contributed by atoms with Gasteiger partial charge >= 0.3 is 0 Å². The number of nitrogens with one attached hydrogen (secondary N) is 2. The second-order valence-electron chi connectivity index (χ2n) is 8.25. The summed E-state index contributed by atoms with van der Waals surface area (Å²) in [4.78, 5) is 12.9. The lowest BCUT2D eigenvalue weighted by Gasteiger charge is -2.33. The molecule has 1 heterocycles. The van der Waals surface area contributed by atoms with Gasteiger partial charge in [-0.15, -0.1) is 0 Å². The number of alkyl halides is 1. The maximum Gasteiger partial charge on any atom is 0.277 e. The largest absolute Gasteiger partial charge is 0.476 e. The fourth-order valence-electron chi connectivity index (χ4n) is 3.32. The molecule has 0 aromatic heterocycles. The molecule has 0 saturated carbocycles. The van der Waals surface area contributed by atoms with Crippen LogP contribution >= 0.6 is 0 Å². The second kappa shape index (κ2) is 7.85. The minimum absolute atomic E-state index is 0.0106. The highest BCUT2D eigenvalue weighted by atomic mass is 32.2. The van der Waals surface area contributed by atoms with Crippen molar-refractivity contribution >= 4 is 22.0 Å². The maximum atomic E-state index is 16.2. The van der Waals surface area contributed by atoms with Gasteiger partial charge in [0.15, 0.2) is 6.10 Å². The number of halogens is 1. The van der Waals surface area contributed by atoms with Crippen LogP contribution in [-0.4, -0.2) is 26.7 Å². The molecule has 2 N–H and O–H groups in total. The van der Waals surface area contributed by atoms with E-state index >= 15 is 4.39 Å². The van der Waals surface area contributed by atoms with E-state index in [4.69, 9.17) is 4.74 Å². The predicted octanol–water partition coefficient (Wildman–Crippen LogP) is 3.20. The quantitative estimate of drug-likeness (QED) is 0.561. The monoisotopic (exact) mass is 432 g/mol. The molecular formula is C22H25FN2O4S. The van der Waals surface area contributed by atoms with E-state index in [1.54, 1.807) is 36.4 Å². The van der Waals surface area contributed by atoms with Crippen LogP contribution in [-0.2, 0) is 26.1 Å². The number of hydrogen-bond donors (Lipinski definition) is 2. The highest BCUT2D eigenvalue weighted by molar-refractivity contribution is 7.88. The Morgan fingerprint density at radius 2 is 1.63 bits per heavy atom. The molecule has 0 fully saturated rings. The van der Waals surface area contributed by atoms with Crippen LogP contribution in [0.3, 0.4) is 0 Å². The third-order valence-electron chi connectivity index (χ3n) is 4.61. The second-order valence-corrected chi connectivity index (χ2v) is 10.0. The molecule has 30 heavy (non-hydrogen) atoms. The Hall–Kier alpha value is -2.71. The van der Waals surface area contributed by atoms with E-state index in [1.807, 2.05) is 37.6 Å². The summed E-state index contributed by atoms with van der Waals surface area (Å²) >= 11 is 0. The van der Waals surface area contributed by atoms with E-state index in [9.17, 15) is 13.2 Å². The number of fused-ring (bicyclic) bond motifs is 1. The van der Waals surface area contributed by atoms with Crippen molar-refractivity contribution in [3.8, 4) is 5.75 Å². The minimum atomic E-state index is -4.02. The molecule has 0 bridgehead atoms. The van der Waals surface area contributed by atoms with Crippen LogP contribution in [0.4, 0.5) is 4.39 Å². The average molecular weight is 433 g/mol. The summed E-state index contributed by atoms with van der Waals surface area (Å²) in [5.74, 6) is -3.19. The van der Waals surface area contributed by atoms with Crippen LogP contribution in [0, 0.1) is 0 Å². The summed E-state index contributed by atoms with van der Waals surface area (Å²) in [6.07, 6.45) is 2.92. The van der Waals surface area contributed by atoms with Crippen molar-refractivity contribution in [1.82, 2.24) is 10.0 Å². The van der Waals surface area contributed by atoms with Gasteiger partial charge in [0.25, 0.3) is 11.8 Å². The van der Waals surface area contributed by atoms with Gasteiger partial charge in [0.1, 0.15) is 5.75 Å². The van der Waals surface area contributed by atoms with Crippen molar-refractivity contribution in [3.63, 3.8) is 0 Å². The number of para-hydroxylation sites is 1. The molecule has 160 valence electrons. The molecule has 1 aliphatic heterocycles. The van der Waals surface area contributed by atoms with Gasteiger partial charge in [0, 0.05) is 11.1 Å². The van der Waals surface area contributed by atoms with Gasteiger partial charge in [-0.1, -0.05) is 69.3 Å². The van der Waals surface area contributed by atoms with Crippen molar-refractivity contribution in [2.24, 2.45) is 0 Å². The van der Waals surface area contributed by atoms with Crippen molar-refractivity contribution in [1.29, 1.82) is 0 Å². The number of carbonyl (C=O) groups is 1.